The van der Waals surface area contributed by atoms with Crippen molar-refractivity contribution in [1.29, 1.82) is 0 Å². The molecule has 4 fully saturated rings. The van der Waals surface area contributed by atoms with Crippen molar-refractivity contribution in [2.24, 2.45) is 17.3 Å². The fourth-order valence-corrected chi connectivity index (χ4v) is 5.17. The van der Waals surface area contributed by atoms with Crippen molar-refractivity contribution in [3.63, 3.8) is 0 Å². The van der Waals surface area contributed by atoms with Gasteiger partial charge in [-0.15, -0.1) is 0 Å². The van der Waals surface area contributed by atoms with Crippen LogP contribution in [0, 0.1) is 17.3 Å². The minimum absolute atomic E-state index is 0.00368. The number of ether oxygens (including phenoxy) is 1. The Bertz CT molecular complexity index is 912. The van der Waals surface area contributed by atoms with Crippen LogP contribution >= 0.6 is 0 Å². The minimum atomic E-state index is -0.737. The summed E-state index contributed by atoms with van der Waals surface area (Å²) in [5, 5.41) is 6.87. The Labute approximate surface area is 200 Å². The smallest absolute Gasteiger partial charge is 0.296 e. The molecule has 1 aromatic heterocycles. The molecule has 4 aliphatic rings. The number of carbonyl (C=O) groups is 3. The first-order valence-electron chi connectivity index (χ1n) is 13.0. The van der Waals surface area contributed by atoms with Crippen molar-refractivity contribution < 1.29 is 23.6 Å². The monoisotopic (exact) mass is 472 g/mol. The number of carbonyl (C=O) groups excluding carboxylic acids is 3. The lowest BCUT2D eigenvalue weighted by molar-refractivity contribution is -0.140. The van der Waals surface area contributed by atoms with Gasteiger partial charge in [0.25, 0.3) is 5.89 Å². The van der Waals surface area contributed by atoms with Crippen LogP contribution in [0.1, 0.15) is 93.6 Å². The van der Waals surface area contributed by atoms with Gasteiger partial charge in [0.05, 0.1) is 19.3 Å². The fourth-order valence-electron chi connectivity index (χ4n) is 5.17. The maximum absolute atomic E-state index is 13.5. The van der Waals surface area contributed by atoms with Crippen molar-refractivity contribution in [1.82, 2.24) is 20.4 Å². The van der Waals surface area contributed by atoms with Crippen LogP contribution in [-0.4, -0.2) is 65.0 Å². The molecule has 1 aromatic rings. The molecule has 0 unspecified atom stereocenters. The van der Waals surface area contributed by atoms with Crippen molar-refractivity contribution in [2.45, 2.75) is 83.1 Å². The predicted molar refractivity (Wildman–Crippen MR) is 122 cm³/mol. The molecule has 3 saturated carbocycles. The van der Waals surface area contributed by atoms with Crippen LogP contribution in [0.25, 0.3) is 0 Å². The van der Waals surface area contributed by atoms with E-state index in [0.29, 0.717) is 45.0 Å². The van der Waals surface area contributed by atoms with Crippen LogP contribution < -0.4 is 5.32 Å². The lowest BCUT2D eigenvalue weighted by Gasteiger charge is -2.30. The van der Waals surface area contributed by atoms with Crippen LogP contribution in [0.5, 0.6) is 0 Å². The highest BCUT2D eigenvalue weighted by atomic mass is 16.5. The molecule has 0 spiro atoms. The van der Waals surface area contributed by atoms with Crippen molar-refractivity contribution in [3.8, 4) is 0 Å². The molecule has 0 radical (unpaired) electrons. The van der Waals surface area contributed by atoms with Gasteiger partial charge in [0, 0.05) is 31.3 Å². The average Bonchev–Trinajstić information content (AvgIpc) is 3.77. The highest BCUT2D eigenvalue weighted by molar-refractivity contribution is 5.99. The number of hydrogen-bond acceptors (Lipinski definition) is 7. The van der Waals surface area contributed by atoms with Gasteiger partial charge in [0.15, 0.2) is 5.82 Å². The first-order chi connectivity index (χ1) is 16.5. The molecule has 9 heteroatoms. The van der Waals surface area contributed by atoms with E-state index < -0.39 is 12.0 Å². The number of nitrogens with one attached hydrogen (secondary N) is 1. The van der Waals surface area contributed by atoms with Gasteiger partial charge >= 0.3 is 0 Å². The second-order valence-electron chi connectivity index (χ2n) is 10.8. The number of rotatable bonds is 12. The van der Waals surface area contributed by atoms with Crippen molar-refractivity contribution in [3.05, 3.63) is 11.7 Å². The lowest BCUT2D eigenvalue weighted by Crippen LogP contribution is -2.46. The van der Waals surface area contributed by atoms with Gasteiger partial charge in [0.1, 0.15) is 0 Å². The van der Waals surface area contributed by atoms with E-state index in [1.54, 1.807) is 4.90 Å². The van der Waals surface area contributed by atoms with Crippen molar-refractivity contribution in [2.75, 3.05) is 26.3 Å². The molecule has 9 nitrogen and oxygen atoms in total. The van der Waals surface area contributed by atoms with Gasteiger partial charge in [-0.1, -0.05) is 24.9 Å². The molecule has 3 aliphatic carbocycles. The normalized spacial score (nSPS) is 23.3. The number of nitrogens with zero attached hydrogens (tertiary/aromatic N) is 3. The van der Waals surface area contributed by atoms with E-state index in [2.05, 4.69) is 15.5 Å². The third kappa shape index (κ3) is 5.67. The third-order valence-electron chi connectivity index (χ3n) is 7.85. The Kier molecular flexibility index (Phi) is 6.73. The van der Waals surface area contributed by atoms with Crippen LogP contribution in [0.3, 0.4) is 0 Å². The predicted octanol–water partition coefficient (Wildman–Crippen LogP) is 2.86. The van der Waals surface area contributed by atoms with E-state index in [1.807, 2.05) is 6.92 Å². The standard InChI is InChI=1S/C25H36N4O5/c1-2-19(21(31)24-27-22(28-34-24)17-5-6-17)26-23(32)18(13-20(30)29-9-11-33-12-10-29)15-25(7-8-25)14-16-3-4-16/h16-19H,2-15H2,1H3,(H,26,32)/t18-,19-/m0/s1. The number of Topliss-reactive ketones (excluding diaryl/α,β-unsaturated/α-hetero) is 1. The Morgan fingerprint density at radius 3 is 2.50 bits per heavy atom. The number of ketones is 1. The van der Waals surface area contributed by atoms with Gasteiger partial charge in [0.2, 0.25) is 17.6 Å². The Morgan fingerprint density at radius 2 is 1.88 bits per heavy atom. The summed E-state index contributed by atoms with van der Waals surface area (Å²) in [5.41, 5.74) is 0.186. The molecular formula is C25H36N4O5. The maximum atomic E-state index is 13.5. The Balaban J connectivity index is 1.25. The van der Waals surface area contributed by atoms with E-state index in [9.17, 15) is 14.4 Å². The highest BCUT2D eigenvalue weighted by Gasteiger charge is 2.48. The molecule has 1 aliphatic heterocycles. The minimum Gasteiger partial charge on any atom is -0.378 e. The summed E-state index contributed by atoms with van der Waals surface area (Å²) in [6, 6.07) is -0.737. The Hall–Kier alpha value is -2.29. The highest BCUT2D eigenvalue weighted by Crippen LogP contribution is 2.58. The first kappa shape index (κ1) is 23.5. The van der Waals surface area contributed by atoms with Crippen LogP contribution in [0.15, 0.2) is 4.52 Å². The van der Waals surface area contributed by atoms with Crippen LogP contribution in [-0.2, 0) is 14.3 Å². The molecule has 0 bridgehead atoms. The number of morpholine rings is 1. The molecule has 34 heavy (non-hydrogen) atoms. The lowest BCUT2D eigenvalue weighted by atomic mass is 9.84. The zero-order chi connectivity index (χ0) is 23.7. The quantitative estimate of drug-likeness (QED) is 0.465. The number of hydrogen-bond donors (Lipinski definition) is 1. The summed E-state index contributed by atoms with van der Waals surface area (Å²) in [6.45, 7) is 4.06. The third-order valence-corrected chi connectivity index (χ3v) is 7.85. The molecule has 2 atom stereocenters. The molecule has 186 valence electrons. The molecule has 0 aromatic carbocycles. The maximum Gasteiger partial charge on any atom is 0.296 e. The summed E-state index contributed by atoms with van der Waals surface area (Å²) in [7, 11) is 0. The van der Waals surface area contributed by atoms with Gasteiger partial charge in [-0.2, -0.15) is 4.98 Å². The molecule has 2 amide bonds. The second-order valence-corrected chi connectivity index (χ2v) is 10.8. The number of aromatic nitrogens is 2. The van der Waals surface area contributed by atoms with Gasteiger partial charge in [-0.25, -0.2) is 0 Å². The number of amides is 2. The van der Waals surface area contributed by atoms with Gasteiger partial charge in [-0.3, -0.25) is 14.4 Å². The molecule has 2 heterocycles. The van der Waals surface area contributed by atoms with E-state index in [1.165, 1.54) is 12.8 Å². The summed E-state index contributed by atoms with van der Waals surface area (Å²) in [5.74, 6) is 0.593. The zero-order valence-corrected chi connectivity index (χ0v) is 20.1. The van der Waals surface area contributed by atoms with E-state index in [4.69, 9.17) is 9.26 Å². The van der Waals surface area contributed by atoms with Crippen molar-refractivity contribution >= 4 is 17.6 Å². The summed E-state index contributed by atoms with van der Waals surface area (Å²) < 4.78 is 10.6. The van der Waals surface area contributed by atoms with Crippen LogP contribution in [0.2, 0.25) is 0 Å². The molecule has 1 N–H and O–H groups in total. The summed E-state index contributed by atoms with van der Waals surface area (Å²) >= 11 is 0. The second kappa shape index (κ2) is 9.76. The van der Waals surface area contributed by atoms with E-state index in [0.717, 1.165) is 38.0 Å². The molecule has 1 saturated heterocycles. The van der Waals surface area contributed by atoms with E-state index in [-0.39, 0.29) is 41.2 Å². The zero-order valence-electron chi connectivity index (χ0n) is 20.1. The largest absolute Gasteiger partial charge is 0.378 e. The Morgan fingerprint density at radius 1 is 1.15 bits per heavy atom. The fraction of sp³-hybridized carbons (Fsp3) is 0.800. The van der Waals surface area contributed by atoms with Crippen LogP contribution in [0.4, 0.5) is 0 Å². The first-order valence-corrected chi connectivity index (χ1v) is 13.0. The van der Waals surface area contributed by atoms with Gasteiger partial charge in [-0.05, 0) is 56.3 Å². The molecular weight excluding hydrogens is 436 g/mol. The van der Waals surface area contributed by atoms with E-state index >= 15 is 0 Å². The van der Waals surface area contributed by atoms with Gasteiger partial charge < -0.3 is 19.5 Å². The average molecular weight is 473 g/mol. The topological polar surface area (TPSA) is 115 Å². The summed E-state index contributed by atoms with van der Waals surface area (Å²) in [4.78, 5) is 45.6. The summed E-state index contributed by atoms with van der Waals surface area (Å²) in [6.07, 6.45) is 9.31. The molecule has 5 rings (SSSR count). The SMILES string of the molecule is CC[C@H](NC(=O)[C@@H](CC(=O)N1CCOCC1)CC1(CC2CC2)CC1)C(=O)c1nc(C2CC2)no1.